The highest BCUT2D eigenvalue weighted by Gasteiger charge is 2.60. The van der Waals surface area contributed by atoms with E-state index in [2.05, 4.69) is 16.8 Å². The average molecular weight is 337 g/mol. The van der Waals surface area contributed by atoms with Crippen molar-refractivity contribution in [3.05, 3.63) is 64.4 Å². The van der Waals surface area contributed by atoms with Crippen LogP contribution in [-0.4, -0.2) is 28.9 Å². The highest BCUT2D eigenvalue weighted by molar-refractivity contribution is 6.30. The summed E-state index contributed by atoms with van der Waals surface area (Å²) in [6.45, 7) is 3.44. The molecule has 0 bridgehead atoms. The number of rotatable bonds is 1. The van der Waals surface area contributed by atoms with Gasteiger partial charge >= 0.3 is 0 Å². The predicted molar refractivity (Wildman–Crippen MR) is 93.7 cm³/mol. The van der Waals surface area contributed by atoms with Crippen LogP contribution in [0.3, 0.4) is 0 Å². The zero-order chi connectivity index (χ0) is 16.7. The number of aryl methyl sites for hydroxylation is 1. The number of likely N-dealkylation sites (tertiary alicyclic amines) is 1. The molecule has 0 N–H and O–H groups in total. The molecule has 4 heteroatoms. The lowest BCUT2D eigenvalue weighted by Crippen LogP contribution is -2.31. The molecule has 24 heavy (non-hydrogen) atoms. The highest BCUT2D eigenvalue weighted by Crippen LogP contribution is 2.57. The van der Waals surface area contributed by atoms with E-state index in [1.165, 1.54) is 0 Å². The molecule has 0 radical (unpaired) electrons. The Morgan fingerprint density at radius 3 is 2.96 bits per heavy atom. The summed E-state index contributed by atoms with van der Waals surface area (Å²) >= 11 is 5.99. The molecule has 2 fully saturated rings. The Morgan fingerprint density at radius 2 is 2.17 bits per heavy atom. The van der Waals surface area contributed by atoms with Crippen LogP contribution in [0.15, 0.2) is 42.5 Å². The Balaban J connectivity index is 1.50. The summed E-state index contributed by atoms with van der Waals surface area (Å²) in [4.78, 5) is 19.0. The van der Waals surface area contributed by atoms with Crippen LogP contribution in [0.1, 0.15) is 28.2 Å². The number of hydrogen-bond donors (Lipinski definition) is 0. The van der Waals surface area contributed by atoms with E-state index in [1.54, 1.807) is 12.1 Å². The van der Waals surface area contributed by atoms with Gasteiger partial charge in [-0.25, -0.2) is 4.98 Å². The van der Waals surface area contributed by atoms with Crippen molar-refractivity contribution >= 4 is 17.5 Å². The second kappa shape index (κ2) is 5.65. The molecule has 1 aliphatic carbocycles. The van der Waals surface area contributed by atoms with E-state index < -0.39 is 0 Å². The maximum Gasteiger partial charge on any atom is 0.253 e. The van der Waals surface area contributed by atoms with Gasteiger partial charge in [-0.2, -0.15) is 0 Å². The first-order chi connectivity index (χ1) is 11.6. The SMILES string of the molecule is Cc1cccc(C#CC23CC2CN(C(=O)c2cccc(Cl)c2)C3)n1. The van der Waals surface area contributed by atoms with Crippen molar-refractivity contribution in [3.8, 4) is 11.8 Å². The Bertz CT molecular complexity index is 882. The normalized spacial score (nSPS) is 24.1. The third-order valence-electron chi connectivity index (χ3n) is 4.83. The molecule has 2 unspecified atom stereocenters. The quantitative estimate of drug-likeness (QED) is 0.746. The van der Waals surface area contributed by atoms with Gasteiger partial charge in [-0.3, -0.25) is 4.79 Å². The molecule has 2 aliphatic rings. The smallest absolute Gasteiger partial charge is 0.253 e. The molecule has 0 spiro atoms. The zero-order valence-corrected chi connectivity index (χ0v) is 14.2. The molecule has 2 aromatic rings. The van der Waals surface area contributed by atoms with Gasteiger partial charge in [0.25, 0.3) is 5.91 Å². The Kier molecular flexibility index (Phi) is 3.58. The van der Waals surface area contributed by atoms with Crippen molar-refractivity contribution in [3.63, 3.8) is 0 Å². The van der Waals surface area contributed by atoms with Crippen molar-refractivity contribution in [2.75, 3.05) is 13.1 Å². The number of pyridine rings is 1. The summed E-state index contributed by atoms with van der Waals surface area (Å²) in [6, 6.07) is 13.0. The Hall–Kier alpha value is -2.31. The molecule has 2 atom stereocenters. The van der Waals surface area contributed by atoms with Gasteiger partial charge in [-0.05, 0) is 55.5 Å². The van der Waals surface area contributed by atoms with Gasteiger partial charge in [0.05, 0.1) is 5.41 Å². The molecule has 1 saturated heterocycles. The predicted octanol–water partition coefficient (Wildman–Crippen LogP) is 3.56. The van der Waals surface area contributed by atoms with Crippen LogP contribution in [0.2, 0.25) is 5.02 Å². The van der Waals surface area contributed by atoms with Crippen LogP contribution >= 0.6 is 11.6 Å². The first-order valence-corrected chi connectivity index (χ1v) is 8.45. The van der Waals surface area contributed by atoms with Gasteiger partial charge in [0.1, 0.15) is 5.69 Å². The van der Waals surface area contributed by atoms with Crippen molar-refractivity contribution in [1.29, 1.82) is 0 Å². The number of fused-ring (bicyclic) bond motifs is 1. The first-order valence-electron chi connectivity index (χ1n) is 8.07. The number of hydrogen-bond acceptors (Lipinski definition) is 2. The Morgan fingerprint density at radius 1 is 1.33 bits per heavy atom. The highest BCUT2D eigenvalue weighted by atomic mass is 35.5. The topological polar surface area (TPSA) is 33.2 Å². The fraction of sp³-hybridized carbons (Fsp3) is 0.300. The number of carbonyl (C=O) groups excluding carboxylic acids is 1. The molecule has 1 aromatic heterocycles. The second-order valence-corrected chi connectivity index (χ2v) is 7.10. The minimum atomic E-state index is -0.0420. The van der Waals surface area contributed by atoms with Gasteiger partial charge in [0.2, 0.25) is 0 Å². The number of benzene rings is 1. The molecule has 1 amide bonds. The molecule has 2 heterocycles. The van der Waals surface area contributed by atoms with E-state index in [0.717, 1.165) is 24.4 Å². The number of halogens is 1. The van der Waals surface area contributed by atoms with E-state index >= 15 is 0 Å². The maximum atomic E-state index is 12.6. The van der Waals surface area contributed by atoms with Crippen LogP contribution in [0.4, 0.5) is 0 Å². The van der Waals surface area contributed by atoms with Crippen molar-refractivity contribution in [2.45, 2.75) is 13.3 Å². The van der Waals surface area contributed by atoms with E-state index in [4.69, 9.17) is 11.6 Å². The summed E-state index contributed by atoms with van der Waals surface area (Å²) < 4.78 is 0. The lowest BCUT2D eigenvalue weighted by Gasteiger charge is -2.19. The van der Waals surface area contributed by atoms with Crippen molar-refractivity contribution in [2.24, 2.45) is 11.3 Å². The number of aromatic nitrogens is 1. The van der Waals surface area contributed by atoms with E-state index in [-0.39, 0.29) is 11.3 Å². The summed E-state index contributed by atoms with van der Waals surface area (Å²) in [5.74, 6) is 7.11. The minimum Gasteiger partial charge on any atom is -0.337 e. The summed E-state index contributed by atoms with van der Waals surface area (Å²) in [5.41, 5.74) is 2.37. The van der Waals surface area contributed by atoms with Crippen LogP contribution < -0.4 is 0 Å². The molecule has 1 saturated carbocycles. The van der Waals surface area contributed by atoms with Crippen molar-refractivity contribution < 1.29 is 4.79 Å². The lowest BCUT2D eigenvalue weighted by atomic mass is 10.1. The van der Waals surface area contributed by atoms with E-state index in [9.17, 15) is 4.79 Å². The monoisotopic (exact) mass is 336 g/mol. The van der Waals surface area contributed by atoms with Gasteiger partial charge in [-0.1, -0.05) is 29.7 Å². The molecular weight excluding hydrogens is 320 g/mol. The molecule has 1 aliphatic heterocycles. The van der Waals surface area contributed by atoms with Gasteiger partial charge < -0.3 is 4.90 Å². The number of nitrogens with zero attached hydrogens (tertiary/aromatic N) is 2. The van der Waals surface area contributed by atoms with E-state index in [1.807, 2.05) is 42.2 Å². The molecule has 1 aromatic carbocycles. The van der Waals surface area contributed by atoms with Crippen LogP contribution in [-0.2, 0) is 0 Å². The van der Waals surface area contributed by atoms with E-state index in [0.29, 0.717) is 23.0 Å². The minimum absolute atomic E-state index is 0.0413. The van der Waals surface area contributed by atoms with Gasteiger partial charge in [0, 0.05) is 29.4 Å². The van der Waals surface area contributed by atoms with Gasteiger partial charge in [-0.15, -0.1) is 0 Å². The maximum absolute atomic E-state index is 12.6. The van der Waals surface area contributed by atoms with Crippen molar-refractivity contribution in [1.82, 2.24) is 9.88 Å². The third kappa shape index (κ3) is 2.79. The second-order valence-electron chi connectivity index (χ2n) is 6.67. The molecule has 120 valence electrons. The Labute approximate surface area is 146 Å². The molecular formula is C20H17ClN2O. The summed E-state index contributed by atoms with van der Waals surface area (Å²) in [7, 11) is 0. The van der Waals surface area contributed by atoms with Gasteiger partial charge in [0.15, 0.2) is 0 Å². The lowest BCUT2D eigenvalue weighted by molar-refractivity contribution is 0.0770. The standard InChI is InChI=1S/C20H17ClN2O/c1-14-4-2-7-18(22-14)8-9-20-11-16(20)12-23(13-20)19(24)15-5-3-6-17(21)10-15/h2-7,10,16H,11-13H2,1H3. The summed E-state index contributed by atoms with van der Waals surface area (Å²) in [6.07, 6.45) is 1.07. The van der Waals surface area contributed by atoms with Crippen LogP contribution in [0.5, 0.6) is 0 Å². The largest absolute Gasteiger partial charge is 0.337 e. The summed E-state index contributed by atoms with van der Waals surface area (Å²) in [5, 5.41) is 0.588. The number of amides is 1. The fourth-order valence-corrected chi connectivity index (χ4v) is 3.63. The molecule has 4 rings (SSSR count). The van der Waals surface area contributed by atoms with Crippen LogP contribution in [0, 0.1) is 30.1 Å². The molecule has 3 nitrogen and oxygen atoms in total. The first kappa shape index (κ1) is 15.2. The number of piperidine rings is 1. The third-order valence-corrected chi connectivity index (χ3v) is 5.07. The zero-order valence-electron chi connectivity index (χ0n) is 13.4. The number of carbonyl (C=O) groups is 1. The average Bonchev–Trinajstić information content (AvgIpc) is 3.13. The van der Waals surface area contributed by atoms with Crippen LogP contribution in [0.25, 0.3) is 0 Å². The fourth-order valence-electron chi connectivity index (χ4n) is 3.44.